The molecule has 0 aromatic heterocycles. The van der Waals surface area contributed by atoms with Crippen molar-refractivity contribution in [3.05, 3.63) is 46.6 Å². The van der Waals surface area contributed by atoms with Gasteiger partial charge in [0.25, 0.3) is 0 Å². The largest absolute Gasteiger partial charge is 0.0730 e. The molecule has 88 valence electrons. The van der Waals surface area contributed by atoms with E-state index in [4.69, 9.17) is 0 Å². The van der Waals surface area contributed by atoms with E-state index in [0.717, 1.165) is 0 Å². The zero-order valence-corrected chi connectivity index (χ0v) is 11.1. The van der Waals surface area contributed by atoms with Crippen molar-refractivity contribution in [2.45, 2.75) is 53.4 Å². The maximum Gasteiger partial charge on any atom is -0.0283 e. The highest BCUT2D eigenvalue weighted by atomic mass is 14.0. The molecule has 0 heterocycles. The first-order valence-corrected chi connectivity index (χ1v) is 6.24. The van der Waals surface area contributed by atoms with E-state index < -0.39 is 0 Å². The maximum absolute atomic E-state index is 2.21. The Kier molecular flexibility index (Phi) is 5.31. The van der Waals surface area contributed by atoms with Crippen LogP contribution in [0.5, 0.6) is 0 Å². The van der Waals surface area contributed by atoms with Gasteiger partial charge in [-0.15, -0.1) is 0 Å². The Morgan fingerprint density at radius 2 is 0.688 bits per heavy atom. The molecule has 0 saturated heterocycles. The van der Waals surface area contributed by atoms with Crippen LogP contribution >= 0.6 is 0 Å². The number of rotatable bonds is 0. The van der Waals surface area contributed by atoms with Crippen molar-refractivity contribution in [3.8, 4) is 0 Å². The molecule has 0 aromatic rings. The highest BCUT2D eigenvalue weighted by Gasteiger charge is 1.96. The Morgan fingerprint density at radius 1 is 0.500 bits per heavy atom. The summed E-state index contributed by atoms with van der Waals surface area (Å²) in [6, 6.07) is 0. The highest BCUT2D eigenvalue weighted by molar-refractivity contribution is 5.21. The molecule has 2 rings (SSSR count). The lowest BCUT2D eigenvalue weighted by Gasteiger charge is -2.05. The van der Waals surface area contributed by atoms with Crippen molar-refractivity contribution < 1.29 is 0 Å². The van der Waals surface area contributed by atoms with Crippen LogP contribution in [0.1, 0.15) is 53.4 Å². The molecular formula is C16H24. The summed E-state index contributed by atoms with van der Waals surface area (Å²) < 4.78 is 0. The van der Waals surface area contributed by atoms with Crippen molar-refractivity contribution in [1.82, 2.24) is 0 Å². The molecule has 0 N–H and O–H groups in total. The Bertz CT molecular complexity index is 276. The monoisotopic (exact) mass is 216 g/mol. The van der Waals surface area contributed by atoms with Crippen LogP contribution in [-0.4, -0.2) is 0 Å². The van der Waals surface area contributed by atoms with E-state index in [1.165, 1.54) is 48.0 Å². The van der Waals surface area contributed by atoms with Gasteiger partial charge in [-0.25, -0.2) is 0 Å². The summed E-state index contributed by atoms with van der Waals surface area (Å²) in [4.78, 5) is 0. The molecule has 2 aliphatic carbocycles. The molecule has 0 bridgehead atoms. The Hall–Kier alpha value is -1.04. The van der Waals surface area contributed by atoms with Crippen molar-refractivity contribution in [1.29, 1.82) is 0 Å². The van der Waals surface area contributed by atoms with Gasteiger partial charge < -0.3 is 0 Å². The average Bonchev–Trinajstić information content (AvgIpc) is 2.28. The molecule has 0 radical (unpaired) electrons. The molecule has 0 nitrogen and oxygen atoms in total. The van der Waals surface area contributed by atoms with Gasteiger partial charge in [0.15, 0.2) is 0 Å². The summed E-state index contributed by atoms with van der Waals surface area (Å²) in [5, 5.41) is 0. The lowest BCUT2D eigenvalue weighted by atomic mass is 10.0. The van der Waals surface area contributed by atoms with Crippen LogP contribution in [0.3, 0.4) is 0 Å². The lowest BCUT2D eigenvalue weighted by Crippen LogP contribution is -1.85. The first-order valence-electron chi connectivity index (χ1n) is 6.24. The van der Waals surface area contributed by atoms with Crippen LogP contribution in [0, 0.1) is 0 Å². The van der Waals surface area contributed by atoms with Gasteiger partial charge in [0.1, 0.15) is 0 Å². The molecule has 0 atom stereocenters. The number of hydrogen-bond acceptors (Lipinski definition) is 0. The number of hydrogen-bond donors (Lipinski definition) is 0. The van der Waals surface area contributed by atoms with E-state index in [0.29, 0.717) is 0 Å². The molecule has 0 saturated carbocycles. The van der Waals surface area contributed by atoms with Gasteiger partial charge in [-0.2, -0.15) is 0 Å². The van der Waals surface area contributed by atoms with Crippen LogP contribution in [0.4, 0.5) is 0 Å². The summed E-state index contributed by atoms with van der Waals surface area (Å²) in [6.07, 6.45) is 13.9. The molecule has 0 heteroatoms. The van der Waals surface area contributed by atoms with E-state index >= 15 is 0 Å². The zero-order valence-electron chi connectivity index (χ0n) is 11.1. The summed E-state index contributed by atoms with van der Waals surface area (Å²) in [7, 11) is 0. The minimum absolute atomic E-state index is 1.27. The third-order valence-corrected chi connectivity index (χ3v) is 3.13. The summed E-state index contributed by atoms with van der Waals surface area (Å²) in [6.45, 7) is 8.73. The third-order valence-electron chi connectivity index (χ3n) is 3.13. The second-order valence-corrected chi connectivity index (χ2v) is 5.05. The highest BCUT2D eigenvalue weighted by Crippen LogP contribution is 2.16. The van der Waals surface area contributed by atoms with Crippen LogP contribution in [-0.2, 0) is 0 Å². The van der Waals surface area contributed by atoms with E-state index in [1.807, 2.05) is 0 Å². The fraction of sp³-hybridized carbons (Fsp3) is 0.500. The van der Waals surface area contributed by atoms with Crippen LogP contribution in [0.2, 0.25) is 0 Å². The molecular weight excluding hydrogens is 192 g/mol. The smallest absolute Gasteiger partial charge is 0.0283 e. The fourth-order valence-electron chi connectivity index (χ4n) is 1.69. The van der Waals surface area contributed by atoms with Crippen molar-refractivity contribution in [2.24, 2.45) is 0 Å². The summed E-state index contributed by atoms with van der Waals surface area (Å²) in [5.74, 6) is 0. The van der Waals surface area contributed by atoms with Gasteiger partial charge in [0.05, 0.1) is 0 Å². The van der Waals surface area contributed by atoms with Crippen LogP contribution in [0.15, 0.2) is 46.6 Å². The second kappa shape index (κ2) is 6.52. The lowest BCUT2D eigenvalue weighted by molar-refractivity contribution is 0.906. The Labute approximate surface area is 100 Å². The second-order valence-electron chi connectivity index (χ2n) is 5.05. The van der Waals surface area contributed by atoms with Gasteiger partial charge in [-0.1, -0.05) is 46.6 Å². The van der Waals surface area contributed by atoms with E-state index in [9.17, 15) is 0 Å². The zero-order chi connectivity index (χ0) is 12.0. The van der Waals surface area contributed by atoms with Crippen molar-refractivity contribution >= 4 is 0 Å². The average molecular weight is 216 g/mol. The molecule has 0 unspecified atom stereocenters. The van der Waals surface area contributed by atoms with Gasteiger partial charge in [0.2, 0.25) is 0 Å². The maximum atomic E-state index is 2.21. The van der Waals surface area contributed by atoms with Gasteiger partial charge in [-0.3, -0.25) is 0 Å². The molecule has 0 spiro atoms. The van der Waals surface area contributed by atoms with Crippen LogP contribution in [0.25, 0.3) is 0 Å². The predicted molar refractivity (Wildman–Crippen MR) is 73.5 cm³/mol. The Morgan fingerprint density at radius 3 is 0.812 bits per heavy atom. The van der Waals surface area contributed by atoms with Gasteiger partial charge in [-0.05, 0) is 53.4 Å². The number of allylic oxidation sites excluding steroid dienone is 8. The third kappa shape index (κ3) is 5.16. The molecule has 0 fully saturated rings. The van der Waals surface area contributed by atoms with E-state index in [1.54, 1.807) is 0 Å². The quantitative estimate of drug-likeness (QED) is 0.512. The normalized spacial score (nSPS) is 19.8. The molecule has 0 aliphatic heterocycles. The van der Waals surface area contributed by atoms with Crippen molar-refractivity contribution in [3.63, 3.8) is 0 Å². The molecule has 0 amide bonds. The first-order chi connectivity index (χ1) is 7.58. The minimum Gasteiger partial charge on any atom is -0.0730 e. The minimum atomic E-state index is 1.27. The molecule has 16 heavy (non-hydrogen) atoms. The summed E-state index contributed by atoms with van der Waals surface area (Å²) in [5.41, 5.74) is 6.04. The Balaban J connectivity index is 0.000000160. The standard InChI is InChI=1S/2C8H12/c2*1-7-3-5-8(2)6-4-7/h2*3,5H,4,6H2,1-2H3. The molecule has 2 aliphatic rings. The van der Waals surface area contributed by atoms with Crippen molar-refractivity contribution in [2.75, 3.05) is 0 Å². The predicted octanol–water partition coefficient (Wildman–Crippen LogP) is 5.35. The van der Waals surface area contributed by atoms with E-state index in [-0.39, 0.29) is 0 Å². The van der Waals surface area contributed by atoms with Gasteiger partial charge in [0, 0.05) is 0 Å². The molecule has 0 aromatic carbocycles. The first kappa shape index (κ1) is 13.0. The van der Waals surface area contributed by atoms with Gasteiger partial charge >= 0.3 is 0 Å². The SMILES string of the molecule is CC1=CC=C(C)CC1.CC1=CC=C(C)CC1. The topological polar surface area (TPSA) is 0 Å². The fourth-order valence-corrected chi connectivity index (χ4v) is 1.69. The van der Waals surface area contributed by atoms with E-state index in [2.05, 4.69) is 52.0 Å². The summed E-state index contributed by atoms with van der Waals surface area (Å²) >= 11 is 0. The van der Waals surface area contributed by atoms with Crippen LogP contribution < -0.4 is 0 Å².